The van der Waals surface area contributed by atoms with Crippen LogP contribution in [0.5, 0.6) is 11.5 Å². The Morgan fingerprint density at radius 3 is 1.86 bits per heavy atom. The molecule has 0 radical (unpaired) electrons. The Morgan fingerprint density at radius 1 is 0.893 bits per heavy atom. The van der Waals surface area contributed by atoms with Crippen molar-refractivity contribution in [3.8, 4) is 11.5 Å². The van der Waals surface area contributed by atoms with Crippen LogP contribution in [0.15, 0.2) is 54.2 Å². The molecule has 2 amide bonds. The van der Waals surface area contributed by atoms with E-state index in [4.69, 9.17) is 9.47 Å². The maximum Gasteiger partial charge on any atom is 0.270 e. The highest BCUT2D eigenvalue weighted by Gasteiger charge is 2.19. The van der Waals surface area contributed by atoms with Gasteiger partial charge in [0.05, 0.1) is 14.2 Å². The lowest BCUT2D eigenvalue weighted by Gasteiger charge is -2.21. The van der Waals surface area contributed by atoms with Gasteiger partial charge in [-0.05, 0) is 61.9 Å². The topological polar surface area (TPSA) is 67.9 Å². The monoisotopic (exact) mass is 382 g/mol. The van der Waals surface area contributed by atoms with E-state index in [0.717, 1.165) is 11.3 Å². The van der Waals surface area contributed by atoms with Gasteiger partial charge in [0.1, 0.15) is 17.2 Å². The number of nitrogens with zero attached hydrogens (tertiary/aromatic N) is 1. The lowest BCUT2D eigenvalue weighted by atomic mass is 10.1. The number of hydrogen-bond donors (Lipinski definition) is 1. The van der Waals surface area contributed by atoms with Crippen molar-refractivity contribution in [2.75, 3.05) is 27.3 Å². The first-order valence-electron chi connectivity index (χ1n) is 9.12. The van der Waals surface area contributed by atoms with Crippen molar-refractivity contribution in [1.82, 2.24) is 10.2 Å². The van der Waals surface area contributed by atoms with Gasteiger partial charge in [-0.3, -0.25) is 9.59 Å². The molecule has 0 aliphatic heterocycles. The van der Waals surface area contributed by atoms with Gasteiger partial charge in [-0.15, -0.1) is 0 Å². The van der Waals surface area contributed by atoms with E-state index in [0.29, 0.717) is 24.4 Å². The summed E-state index contributed by atoms with van der Waals surface area (Å²) in [6.45, 7) is 4.90. The van der Waals surface area contributed by atoms with E-state index in [1.165, 1.54) is 0 Å². The maximum atomic E-state index is 12.9. The second kappa shape index (κ2) is 10.2. The summed E-state index contributed by atoms with van der Waals surface area (Å²) in [4.78, 5) is 27.2. The van der Waals surface area contributed by atoms with E-state index in [2.05, 4.69) is 5.32 Å². The standard InChI is InChI=1S/C22H26N2O4/c1-5-24(6-2)22(26)20(15-16-7-11-18(27-3)12-8-16)23-21(25)17-9-13-19(28-4)14-10-17/h7-15H,5-6H2,1-4H3,(H,23,25). The molecule has 0 spiro atoms. The second-order valence-electron chi connectivity index (χ2n) is 5.99. The maximum absolute atomic E-state index is 12.9. The molecule has 2 aromatic carbocycles. The minimum Gasteiger partial charge on any atom is -0.497 e. The predicted octanol–water partition coefficient (Wildman–Crippen LogP) is 3.34. The summed E-state index contributed by atoms with van der Waals surface area (Å²) in [5.74, 6) is 0.784. The normalized spacial score (nSPS) is 10.9. The fraction of sp³-hybridized carbons (Fsp3) is 0.273. The van der Waals surface area contributed by atoms with Crippen LogP contribution in [0.4, 0.5) is 0 Å². The number of methoxy groups -OCH3 is 2. The van der Waals surface area contributed by atoms with Crippen LogP contribution < -0.4 is 14.8 Å². The zero-order valence-corrected chi connectivity index (χ0v) is 16.7. The number of nitrogens with one attached hydrogen (secondary N) is 1. The molecule has 6 heteroatoms. The number of amides is 2. The molecule has 0 bridgehead atoms. The Kier molecular flexibility index (Phi) is 7.63. The van der Waals surface area contributed by atoms with Crippen molar-refractivity contribution in [3.63, 3.8) is 0 Å². The smallest absolute Gasteiger partial charge is 0.270 e. The highest BCUT2D eigenvalue weighted by Crippen LogP contribution is 2.16. The molecule has 148 valence electrons. The molecule has 1 N–H and O–H groups in total. The number of hydrogen-bond acceptors (Lipinski definition) is 4. The van der Waals surface area contributed by atoms with Gasteiger partial charge in [0, 0.05) is 18.7 Å². The van der Waals surface area contributed by atoms with Crippen LogP contribution in [0.3, 0.4) is 0 Å². The molecule has 6 nitrogen and oxygen atoms in total. The number of carbonyl (C=O) groups is 2. The van der Waals surface area contributed by atoms with E-state index >= 15 is 0 Å². The quantitative estimate of drug-likeness (QED) is 0.711. The van der Waals surface area contributed by atoms with E-state index in [9.17, 15) is 9.59 Å². The van der Waals surface area contributed by atoms with Gasteiger partial charge in [-0.2, -0.15) is 0 Å². The Balaban J connectivity index is 2.31. The minimum atomic E-state index is -0.358. The van der Waals surface area contributed by atoms with Gasteiger partial charge in [0.2, 0.25) is 0 Å². The number of rotatable bonds is 8. The third kappa shape index (κ3) is 5.36. The molecule has 28 heavy (non-hydrogen) atoms. The van der Waals surface area contributed by atoms with Crippen molar-refractivity contribution >= 4 is 17.9 Å². The lowest BCUT2D eigenvalue weighted by molar-refractivity contribution is -0.127. The van der Waals surface area contributed by atoms with Gasteiger partial charge in [0.25, 0.3) is 11.8 Å². The van der Waals surface area contributed by atoms with Gasteiger partial charge < -0.3 is 19.7 Å². The predicted molar refractivity (Wildman–Crippen MR) is 109 cm³/mol. The summed E-state index contributed by atoms with van der Waals surface area (Å²) in [7, 11) is 3.16. The van der Waals surface area contributed by atoms with E-state index in [-0.39, 0.29) is 17.5 Å². The Bertz CT molecular complexity index is 823. The molecule has 0 unspecified atom stereocenters. The Labute approximate surface area is 165 Å². The molecule has 0 aliphatic carbocycles. The average Bonchev–Trinajstić information content (AvgIpc) is 2.74. The summed E-state index contributed by atoms with van der Waals surface area (Å²) < 4.78 is 10.3. The van der Waals surface area contributed by atoms with Crippen LogP contribution in [-0.2, 0) is 4.79 Å². The molecule has 0 saturated heterocycles. The van der Waals surface area contributed by atoms with Crippen LogP contribution in [0.1, 0.15) is 29.8 Å². The fourth-order valence-corrected chi connectivity index (χ4v) is 2.64. The highest BCUT2D eigenvalue weighted by atomic mass is 16.5. The largest absolute Gasteiger partial charge is 0.497 e. The molecule has 0 aromatic heterocycles. The minimum absolute atomic E-state index is 0.217. The van der Waals surface area contributed by atoms with E-state index in [1.54, 1.807) is 61.6 Å². The summed E-state index contributed by atoms with van der Waals surface area (Å²) in [5.41, 5.74) is 1.44. The van der Waals surface area contributed by atoms with Crippen LogP contribution in [-0.4, -0.2) is 44.0 Å². The van der Waals surface area contributed by atoms with Crippen molar-refractivity contribution in [2.45, 2.75) is 13.8 Å². The average molecular weight is 382 g/mol. The number of carbonyl (C=O) groups excluding carboxylic acids is 2. The Hall–Kier alpha value is -3.28. The molecule has 0 aliphatic rings. The van der Waals surface area contributed by atoms with Gasteiger partial charge in [-0.25, -0.2) is 0 Å². The number of likely N-dealkylation sites (N-methyl/N-ethyl adjacent to an activating group) is 1. The molecule has 0 atom stereocenters. The molecular weight excluding hydrogens is 356 g/mol. The zero-order valence-electron chi connectivity index (χ0n) is 16.7. The van der Waals surface area contributed by atoms with Gasteiger partial charge in [-0.1, -0.05) is 12.1 Å². The first-order chi connectivity index (χ1) is 13.5. The third-order valence-corrected chi connectivity index (χ3v) is 4.31. The second-order valence-corrected chi connectivity index (χ2v) is 5.99. The van der Waals surface area contributed by atoms with Crippen molar-refractivity contribution in [2.24, 2.45) is 0 Å². The molecule has 0 heterocycles. The molecule has 2 aromatic rings. The zero-order chi connectivity index (χ0) is 20.5. The Morgan fingerprint density at radius 2 is 1.39 bits per heavy atom. The van der Waals surface area contributed by atoms with E-state index < -0.39 is 0 Å². The highest BCUT2D eigenvalue weighted by molar-refractivity contribution is 6.05. The van der Waals surface area contributed by atoms with E-state index in [1.807, 2.05) is 26.0 Å². The van der Waals surface area contributed by atoms with Crippen molar-refractivity contribution < 1.29 is 19.1 Å². The van der Waals surface area contributed by atoms with Gasteiger partial charge in [0.15, 0.2) is 0 Å². The fourth-order valence-electron chi connectivity index (χ4n) is 2.64. The first kappa shape index (κ1) is 21.0. The van der Waals surface area contributed by atoms with Crippen molar-refractivity contribution in [3.05, 3.63) is 65.4 Å². The summed E-state index contributed by atoms with van der Waals surface area (Å²) in [5, 5.41) is 2.76. The molecule has 2 rings (SSSR count). The van der Waals surface area contributed by atoms with Gasteiger partial charge >= 0.3 is 0 Å². The summed E-state index contributed by atoms with van der Waals surface area (Å²) in [6.07, 6.45) is 1.67. The number of ether oxygens (including phenoxy) is 2. The first-order valence-corrected chi connectivity index (χ1v) is 9.12. The van der Waals surface area contributed by atoms with Crippen LogP contribution in [0.2, 0.25) is 0 Å². The molecule has 0 saturated carbocycles. The molecule has 0 fully saturated rings. The SMILES string of the molecule is CCN(CC)C(=O)C(=Cc1ccc(OC)cc1)NC(=O)c1ccc(OC)cc1. The van der Waals surface area contributed by atoms with Crippen LogP contribution in [0.25, 0.3) is 6.08 Å². The third-order valence-electron chi connectivity index (χ3n) is 4.31. The molecular formula is C22H26N2O4. The van der Waals surface area contributed by atoms with Crippen molar-refractivity contribution in [1.29, 1.82) is 0 Å². The van der Waals surface area contributed by atoms with Crippen LogP contribution >= 0.6 is 0 Å². The number of benzene rings is 2. The van der Waals surface area contributed by atoms with Crippen LogP contribution in [0, 0.1) is 0 Å². The lowest BCUT2D eigenvalue weighted by Crippen LogP contribution is -2.38. The summed E-state index contributed by atoms with van der Waals surface area (Å²) >= 11 is 0. The summed E-state index contributed by atoms with van der Waals surface area (Å²) in [6, 6.07) is 14.0.